The highest BCUT2D eigenvalue weighted by Crippen LogP contribution is 2.54. The van der Waals surface area contributed by atoms with Crippen LogP contribution in [-0.4, -0.2) is 19.9 Å². The van der Waals surface area contributed by atoms with Crippen LogP contribution in [0.2, 0.25) is 0 Å². The van der Waals surface area contributed by atoms with E-state index in [4.69, 9.17) is 19.9 Å². The Morgan fingerprint density at radius 2 is 0.690 bits per heavy atom. The molecule has 0 amide bonds. The van der Waals surface area contributed by atoms with Crippen LogP contribution >= 0.6 is 0 Å². The quantitative estimate of drug-likeness (QED) is 0.156. The van der Waals surface area contributed by atoms with Crippen LogP contribution in [0.4, 0.5) is 0 Å². The van der Waals surface area contributed by atoms with Crippen molar-refractivity contribution < 1.29 is 18.3 Å². The van der Waals surface area contributed by atoms with Gasteiger partial charge in [-0.2, -0.15) is 9.13 Å². The Balaban J connectivity index is 0.000000109. The number of rotatable bonds is 6. The molecule has 4 aliphatic rings. The number of nitrogens with zero attached hydrogens (tertiary/aromatic N) is 8. The first-order valence-electron chi connectivity index (χ1n) is 40.1. The Hall–Kier alpha value is -12.0. The predicted molar refractivity (Wildman–Crippen MR) is 466 cm³/mol. The van der Waals surface area contributed by atoms with Gasteiger partial charge in [0.2, 0.25) is 33.8 Å². The number of aryl methyl sites for hydroxylation is 9. The van der Waals surface area contributed by atoms with E-state index in [9.17, 15) is 0 Å². The fraction of sp³-hybridized carbons (Fsp3) is 0.238. The highest BCUT2D eigenvalue weighted by molar-refractivity contribution is 5.96. The van der Waals surface area contributed by atoms with Crippen LogP contribution in [0, 0.1) is 40.5 Å². The van der Waals surface area contributed by atoms with Crippen molar-refractivity contribution in [1.29, 1.82) is 0 Å². The number of benzene rings is 8. The van der Waals surface area contributed by atoms with E-state index in [2.05, 4.69) is 357 Å². The first kappa shape index (κ1) is 73.8. The van der Waals surface area contributed by atoms with Crippen LogP contribution in [0.25, 0.3) is 133 Å². The minimum Gasteiger partial charge on any atom is -0.260 e. The molecular formula is C105H102N8+4. The molecule has 0 saturated heterocycles. The average molecular weight is 1480 g/mol. The lowest BCUT2D eigenvalue weighted by atomic mass is 9.83. The molecule has 113 heavy (non-hydrogen) atoms. The van der Waals surface area contributed by atoms with Crippen LogP contribution in [0.1, 0.15) is 148 Å². The van der Waals surface area contributed by atoms with Crippen LogP contribution in [0.15, 0.2) is 256 Å². The van der Waals surface area contributed by atoms with Gasteiger partial charge in [0.25, 0.3) is 0 Å². The van der Waals surface area contributed by atoms with E-state index in [1.54, 1.807) is 0 Å². The zero-order valence-electron chi connectivity index (χ0n) is 69.1. The summed E-state index contributed by atoms with van der Waals surface area (Å²) in [6, 6.07) is 80.0. The van der Waals surface area contributed by atoms with E-state index in [-0.39, 0.29) is 21.7 Å². The molecule has 0 fully saturated rings. The lowest BCUT2D eigenvalue weighted by Crippen LogP contribution is -2.32. The van der Waals surface area contributed by atoms with Crippen molar-refractivity contribution >= 4 is 43.4 Å². The summed E-state index contributed by atoms with van der Waals surface area (Å²) in [6.07, 6.45) is 13.1. The first-order valence-corrected chi connectivity index (χ1v) is 40.1. The second-order valence-electron chi connectivity index (χ2n) is 34.7. The maximum absolute atomic E-state index is 4.75. The van der Waals surface area contributed by atoms with E-state index in [1.165, 1.54) is 211 Å². The Kier molecular flexibility index (Phi) is 18.1. The van der Waals surface area contributed by atoms with Gasteiger partial charge in [0.05, 0.1) is 33.7 Å². The summed E-state index contributed by atoms with van der Waals surface area (Å²) < 4.78 is 9.17. The summed E-state index contributed by atoms with van der Waals surface area (Å²) in [7, 11) is 8.64. The van der Waals surface area contributed by atoms with Crippen molar-refractivity contribution in [3.8, 4) is 89.5 Å². The van der Waals surface area contributed by atoms with Crippen LogP contribution in [-0.2, 0) is 56.3 Å². The fourth-order valence-electron chi connectivity index (χ4n) is 19.3. The second kappa shape index (κ2) is 27.7. The maximum atomic E-state index is 4.75. The molecule has 4 aliphatic carbocycles. The molecular weight excluding hydrogens is 1370 g/mol. The Morgan fingerprint density at radius 1 is 0.301 bits per heavy atom. The summed E-state index contributed by atoms with van der Waals surface area (Å²) in [6.45, 7) is 33.9. The molecule has 0 spiro atoms. The molecule has 8 aromatic carbocycles. The largest absolute Gasteiger partial charge is 0.260 e. The van der Waals surface area contributed by atoms with Gasteiger partial charge in [-0.15, -0.1) is 0 Å². The molecule has 20 rings (SSSR count). The molecule has 8 heterocycles. The summed E-state index contributed by atoms with van der Waals surface area (Å²) in [5, 5.41) is 7.77. The molecule has 0 N–H and O–H groups in total. The predicted octanol–water partition coefficient (Wildman–Crippen LogP) is 22.9. The average Bonchev–Trinajstić information content (AvgIpc) is 1.61. The van der Waals surface area contributed by atoms with Crippen molar-refractivity contribution in [3.05, 3.63) is 334 Å². The zero-order valence-corrected chi connectivity index (χ0v) is 69.1. The SMILES string of the molecule is Cc1cc2c(cc1-c1c3ccccc3cc[n+]1C)C(C)(C)c1ncccc1-2.Cc1cc2c(cc1-c1cc3ccccc3c[n+]1C)C(C)(C)c1ncccc1-2.Cc1cc2c(cc1-c1ccc3c(C)cccc3[n+]1C)C(C)(C)c1ncccc1-2.Cc1cc2c(cc1-c1ccc3c(CC(C)C)cccc3[n+]1C)C(C)(C)c1ncccc1-2. The highest BCUT2D eigenvalue weighted by Gasteiger charge is 2.42. The molecule has 0 aliphatic heterocycles. The molecule has 558 valence electrons. The standard InChI is InChI=1S/C29H31N2.C26H25N2.2C25H23N2/c1-18(2)15-20-9-7-11-26-21(20)12-13-27(31(26)6)23-17-25-24(16-19(23)3)22-10-8-14-30-28(22)29(25,4)5;1-16-8-6-10-23-18(16)11-12-24(28(23)5)20-15-22-21(14-17(20)2)19-9-7-13-27-25(19)26(22,3)4;1-16-14-21-19-10-7-12-26-24(19)25(2,3)22(21)15-20(16)23-18-9-6-5-8-17(18)11-13-27(23)4;1-16-12-21-19-10-7-11-26-24(19)25(2,3)22(21)14-20(16)23-13-17-8-5-6-9-18(17)15-27(23)4/h7-14,16-18H,15H2,1-6H3;6-15H,1-5H3;2*5-15H,1-4H3/q4*+1. The van der Waals surface area contributed by atoms with Gasteiger partial charge in [0.1, 0.15) is 28.2 Å². The Morgan fingerprint density at radius 3 is 1.15 bits per heavy atom. The third kappa shape index (κ3) is 12.2. The number of fused-ring (bicyclic) bond motifs is 16. The van der Waals surface area contributed by atoms with Gasteiger partial charge < -0.3 is 0 Å². The zero-order chi connectivity index (χ0) is 79.1. The molecule has 8 aromatic heterocycles. The molecule has 0 unspecified atom stereocenters. The number of hydrogen-bond donors (Lipinski definition) is 0. The summed E-state index contributed by atoms with van der Waals surface area (Å²) >= 11 is 0. The monoisotopic (exact) mass is 1470 g/mol. The van der Waals surface area contributed by atoms with E-state index < -0.39 is 0 Å². The fourth-order valence-corrected chi connectivity index (χ4v) is 19.3. The van der Waals surface area contributed by atoms with Crippen molar-refractivity contribution in [3.63, 3.8) is 0 Å². The van der Waals surface area contributed by atoms with Crippen LogP contribution < -0.4 is 18.3 Å². The summed E-state index contributed by atoms with van der Waals surface area (Å²) in [4.78, 5) is 18.9. The van der Waals surface area contributed by atoms with Gasteiger partial charge in [-0.3, -0.25) is 19.9 Å². The van der Waals surface area contributed by atoms with Crippen molar-refractivity contribution in [1.82, 2.24) is 19.9 Å². The molecule has 16 aromatic rings. The number of aromatic nitrogens is 8. The van der Waals surface area contributed by atoms with Crippen LogP contribution in [0.3, 0.4) is 0 Å². The van der Waals surface area contributed by atoms with E-state index in [0.717, 1.165) is 6.42 Å². The number of hydrogen-bond acceptors (Lipinski definition) is 4. The summed E-state index contributed by atoms with van der Waals surface area (Å²) in [5.41, 5.74) is 41.0. The third-order valence-corrected chi connectivity index (χ3v) is 25.4. The third-order valence-electron chi connectivity index (χ3n) is 25.4. The van der Waals surface area contributed by atoms with E-state index >= 15 is 0 Å². The smallest absolute Gasteiger partial charge is 0.220 e. The highest BCUT2D eigenvalue weighted by atomic mass is 15.0. The maximum Gasteiger partial charge on any atom is 0.220 e. The molecule has 0 saturated carbocycles. The molecule has 0 atom stereocenters. The molecule has 0 radical (unpaired) electrons. The number of pyridine rings is 8. The lowest BCUT2D eigenvalue weighted by Gasteiger charge is -2.21. The molecule has 8 heteroatoms. The first-order chi connectivity index (χ1) is 54.1. The lowest BCUT2D eigenvalue weighted by molar-refractivity contribution is -0.659. The van der Waals surface area contributed by atoms with Gasteiger partial charge in [0.15, 0.2) is 12.4 Å². The Bertz CT molecular complexity index is 6620. The summed E-state index contributed by atoms with van der Waals surface area (Å²) in [5.74, 6) is 0.645. The van der Waals surface area contributed by atoms with E-state index in [1.807, 2.05) is 49.1 Å². The van der Waals surface area contributed by atoms with Gasteiger partial charge in [0, 0.05) is 138 Å². The molecule has 8 nitrogen and oxygen atoms in total. The van der Waals surface area contributed by atoms with Crippen LogP contribution in [0.5, 0.6) is 0 Å². The van der Waals surface area contributed by atoms with Crippen molar-refractivity contribution in [2.24, 2.45) is 34.1 Å². The van der Waals surface area contributed by atoms with Crippen molar-refractivity contribution in [2.45, 2.75) is 132 Å². The van der Waals surface area contributed by atoms with Gasteiger partial charge in [-0.1, -0.05) is 178 Å². The normalized spacial score (nSPS) is 14.2. The minimum absolute atomic E-state index is 0.0796. The van der Waals surface area contributed by atoms with Crippen molar-refractivity contribution in [2.75, 3.05) is 0 Å². The van der Waals surface area contributed by atoms with Gasteiger partial charge in [-0.25, -0.2) is 9.13 Å². The van der Waals surface area contributed by atoms with Gasteiger partial charge >= 0.3 is 0 Å². The van der Waals surface area contributed by atoms with Gasteiger partial charge in [-0.05, 0) is 208 Å². The minimum atomic E-state index is -0.0891. The topological polar surface area (TPSA) is 67.1 Å². The molecule has 0 bridgehead atoms. The van der Waals surface area contributed by atoms with E-state index in [0.29, 0.717) is 5.92 Å². The second-order valence-corrected chi connectivity index (χ2v) is 34.7. The Labute approximate surface area is 667 Å².